The van der Waals surface area contributed by atoms with Gasteiger partial charge in [0, 0.05) is 11.5 Å². The van der Waals surface area contributed by atoms with Crippen molar-refractivity contribution in [3.05, 3.63) is 66.2 Å². The minimum absolute atomic E-state index is 0.365. The molecule has 0 aliphatic heterocycles. The molecular weight excluding hydrogens is 255 g/mol. The number of rotatable bonds is 6. The van der Waals surface area contributed by atoms with Gasteiger partial charge in [0.1, 0.15) is 0 Å². The van der Waals surface area contributed by atoms with Crippen molar-refractivity contribution in [3.63, 3.8) is 0 Å². The van der Waals surface area contributed by atoms with Crippen LogP contribution in [-0.4, -0.2) is 11.1 Å². The van der Waals surface area contributed by atoms with Crippen molar-refractivity contribution >= 4 is 12.7 Å². The number of hydrogen-bond donors (Lipinski definition) is 1. The third-order valence-corrected chi connectivity index (χ3v) is 5.21. The van der Waals surface area contributed by atoms with Gasteiger partial charge in [0.15, 0.2) is 0 Å². The molecule has 19 heavy (non-hydrogen) atoms. The molecule has 0 heterocycles. The van der Waals surface area contributed by atoms with E-state index in [2.05, 4.69) is 12.1 Å². The smallest absolute Gasteiger partial charge is 0.229 e. The van der Waals surface area contributed by atoms with Gasteiger partial charge in [-0.2, -0.15) is 0 Å². The lowest BCUT2D eigenvalue weighted by molar-refractivity contribution is 0.487. The second-order valence-corrected chi connectivity index (χ2v) is 7.07. The van der Waals surface area contributed by atoms with Crippen LogP contribution in [0.5, 0.6) is 0 Å². The summed E-state index contributed by atoms with van der Waals surface area (Å²) in [5, 5.41) is 0.565. The van der Waals surface area contributed by atoms with E-state index in [1.807, 2.05) is 36.4 Å². The highest BCUT2D eigenvalue weighted by Crippen LogP contribution is 2.40. The Bertz CT molecular complexity index is 537. The monoisotopic (exact) mass is 274 g/mol. The molecule has 0 aliphatic carbocycles. The van der Waals surface area contributed by atoms with E-state index >= 15 is 0 Å². The van der Waals surface area contributed by atoms with Gasteiger partial charge in [-0.25, -0.2) is 0 Å². The maximum Gasteiger partial charge on any atom is 0.229 e. The third kappa shape index (κ3) is 4.34. The lowest BCUT2D eigenvalue weighted by atomic mass is 10.1. The summed E-state index contributed by atoms with van der Waals surface area (Å²) in [4.78, 5) is 10.0. The van der Waals surface area contributed by atoms with Crippen LogP contribution in [0.1, 0.15) is 18.4 Å². The van der Waals surface area contributed by atoms with Crippen LogP contribution in [-0.2, 0) is 11.0 Å². The Balaban J connectivity index is 1.81. The first-order valence-electron chi connectivity index (χ1n) is 6.60. The maximum atomic E-state index is 12.2. The molecule has 2 rings (SSSR count). The Labute approximate surface area is 114 Å². The fourth-order valence-corrected chi connectivity index (χ4v) is 3.64. The van der Waals surface area contributed by atoms with Crippen LogP contribution in [0.4, 0.5) is 0 Å². The van der Waals surface area contributed by atoms with Gasteiger partial charge in [-0.05, 0) is 37.0 Å². The summed E-state index contributed by atoms with van der Waals surface area (Å²) in [5.41, 5.74) is 1.29. The highest BCUT2D eigenvalue weighted by Gasteiger charge is 2.19. The fourth-order valence-electron chi connectivity index (χ4n) is 2.09. The molecule has 2 nitrogen and oxygen atoms in total. The molecule has 1 unspecified atom stereocenters. The van der Waals surface area contributed by atoms with Crippen LogP contribution in [0.25, 0.3) is 0 Å². The van der Waals surface area contributed by atoms with E-state index in [0.717, 1.165) is 19.3 Å². The summed E-state index contributed by atoms with van der Waals surface area (Å²) in [5.74, 6) is 0. The molecule has 100 valence electrons. The van der Waals surface area contributed by atoms with E-state index in [-0.39, 0.29) is 0 Å². The molecule has 0 saturated heterocycles. The number of hydrogen-bond acceptors (Lipinski definition) is 1. The zero-order chi connectivity index (χ0) is 13.6. The summed E-state index contributed by atoms with van der Waals surface area (Å²) in [6.45, 7) is 0. The fraction of sp³-hybridized carbons (Fsp3) is 0.250. The average Bonchev–Trinajstić information content (AvgIpc) is 2.46. The average molecular weight is 274 g/mol. The van der Waals surface area contributed by atoms with E-state index in [4.69, 9.17) is 0 Å². The van der Waals surface area contributed by atoms with Crippen molar-refractivity contribution in [3.8, 4) is 0 Å². The lowest BCUT2D eigenvalue weighted by Crippen LogP contribution is -2.06. The molecule has 2 aromatic rings. The highest BCUT2D eigenvalue weighted by molar-refractivity contribution is 7.66. The van der Waals surface area contributed by atoms with Crippen LogP contribution < -0.4 is 5.30 Å². The molecule has 0 spiro atoms. The zero-order valence-electron chi connectivity index (χ0n) is 10.9. The number of benzene rings is 2. The Morgan fingerprint density at radius 3 is 2.05 bits per heavy atom. The van der Waals surface area contributed by atoms with Crippen molar-refractivity contribution in [2.75, 3.05) is 6.16 Å². The second-order valence-electron chi connectivity index (χ2n) is 4.70. The van der Waals surface area contributed by atoms with Crippen LogP contribution >= 0.6 is 7.37 Å². The summed E-state index contributed by atoms with van der Waals surface area (Å²) in [6, 6.07) is 19.2. The molecule has 1 N–H and O–H groups in total. The van der Waals surface area contributed by atoms with Crippen LogP contribution in [0.15, 0.2) is 60.7 Å². The van der Waals surface area contributed by atoms with E-state index in [9.17, 15) is 9.46 Å². The van der Waals surface area contributed by atoms with Crippen LogP contribution in [0.2, 0.25) is 0 Å². The first kappa shape index (κ1) is 14.0. The van der Waals surface area contributed by atoms with Crippen molar-refractivity contribution < 1.29 is 9.46 Å². The zero-order valence-corrected chi connectivity index (χ0v) is 11.8. The normalized spacial score (nSPS) is 13.9. The standard InChI is InChI=1S/C16H19O2P/c17-19(18,16-12-5-2-6-13-16)14-8-7-11-15-9-3-1-4-10-15/h1-6,9-10,12-13H,7-8,11,14H2,(H,17,18). The summed E-state index contributed by atoms with van der Waals surface area (Å²) >= 11 is 0. The Morgan fingerprint density at radius 1 is 0.842 bits per heavy atom. The van der Waals surface area contributed by atoms with Crippen molar-refractivity contribution in [2.24, 2.45) is 0 Å². The maximum absolute atomic E-state index is 12.2. The predicted molar refractivity (Wildman–Crippen MR) is 80.1 cm³/mol. The van der Waals surface area contributed by atoms with Gasteiger partial charge in [0.2, 0.25) is 7.37 Å². The summed E-state index contributed by atoms with van der Waals surface area (Å²) in [7, 11) is -3.17. The molecule has 0 radical (unpaired) electrons. The molecule has 0 aliphatic rings. The van der Waals surface area contributed by atoms with Crippen LogP contribution in [0, 0.1) is 0 Å². The SMILES string of the molecule is O=P(O)(CCCCc1ccccc1)c1ccccc1. The minimum Gasteiger partial charge on any atom is -0.341 e. The topological polar surface area (TPSA) is 37.3 Å². The van der Waals surface area contributed by atoms with Crippen molar-refractivity contribution in [1.82, 2.24) is 0 Å². The molecule has 0 saturated carbocycles. The third-order valence-electron chi connectivity index (χ3n) is 3.18. The minimum atomic E-state index is -3.17. The van der Waals surface area contributed by atoms with Crippen LogP contribution in [0.3, 0.4) is 0 Å². The Morgan fingerprint density at radius 2 is 1.42 bits per heavy atom. The van der Waals surface area contributed by atoms with Gasteiger partial charge in [0.25, 0.3) is 0 Å². The van der Waals surface area contributed by atoms with E-state index in [0.29, 0.717) is 11.5 Å². The molecule has 0 aromatic heterocycles. The molecule has 0 amide bonds. The quantitative estimate of drug-likeness (QED) is 0.645. The van der Waals surface area contributed by atoms with Gasteiger partial charge in [-0.1, -0.05) is 48.5 Å². The lowest BCUT2D eigenvalue weighted by Gasteiger charge is -2.11. The van der Waals surface area contributed by atoms with Gasteiger partial charge in [-0.3, -0.25) is 4.57 Å². The second kappa shape index (κ2) is 6.70. The number of aryl methyl sites for hydroxylation is 1. The van der Waals surface area contributed by atoms with E-state index in [1.54, 1.807) is 12.1 Å². The van der Waals surface area contributed by atoms with Crippen molar-refractivity contribution in [2.45, 2.75) is 19.3 Å². The van der Waals surface area contributed by atoms with E-state index in [1.165, 1.54) is 5.56 Å². The Kier molecular flexibility index (Phi) is 4.95. The number of unbranched alkanes of at least 4 members (excludes halogenated alkanes) is 1. The highest BCUT2D eigenvalue weighted by atomic mass is 31.2. The van der Waals surface area contributed by atoms with Gasteiger partial charge >= 0.3 is 0 Å². The first-order valence-corrected chi connectivity index (χ1v) is 8.44. The largest absolute Gasteiger partial charge is 0.341 e. The first-order chi connectivity index (χ1) is 9.18. The molecular formula is C16H19O2P. The summed E-state index contributed by atoms with van der Waals surface area (Å²) in [6.07, 6.45) is 3.05. The van der Waals surface area contributed by atoms with Gasteiger partial charge in [0.05, 0.1) is 0 Å². The van der Waals surface area contributed by atoms with Crippen molar-refractivity contribution in [1.29, 1.82) is 0 Å². The molecule has 0 fully saturated rings. The predicted octanol–water partition coefficient (Wildman–Crippen LogP) is 3.61. The van der Waals surface area contributed by atoms with Gasteiger partial charge < -0.3 is 4.89 Å². The van der Waals surface area contributed by atoms with E-state index < -0.39 is 7.37 Å². The Hall–Kier alpha value is -1.37. The molecule has 2 aromatic carbocycles. The van der Waals surface area contributed by atoms with Gasteiger partial charge in [-0.15, -0.1) is 0 Å². The molecule has 3 heteroatoms. The molecule has 1 atom stereocenters. The molecule has 0 bridgehead atoms. The summed E-state index contributed by atoms with van der Waals surface area (Å²) < 4.78 is 12.2.